The summed E-state index contributed by atoms with van der Waals surface area (Å²) in [6.45, 7) is 4.29. The maximum Gasteiger partial charge on any atom is 0.187 e. The van der Waals surface area contributed by atoms with Gasteiger partial charge in [0, 0.05) is 0 Å². The zero-order valence-electron chi connectivity index (χ0n) is 8.90. The molecule has 1 aromatic rings. The van der Waals surface area contributed by atoms with Gasteiger partial charge in [0.2, 0.25) is 0 Å². The fourth-order valence-corrected chi connectivity index (χ4v) is 1.19. The third kappa shape index (κ3) is 2.21. The average molecular weight is 213 g/mol. The van der Waals surface area contributed by atoms with Gasteiger partial charge in [-0.3, -0.25) is 4.79 Å². The molecule has 0 amide bonds. The SMILES string of the molecule is Cc1ccc(F)c(C(=O)C(C)(C)N)c1F. The molecule has 0 aliphatic carbocycles. The Morgan fingerprint density at radius 3 is 2.33 bits per heavy atom. The number of benzene rings is 1. The van der Waals surface area contributed by atoms with Crippen LogP contribution in [0.15, 0.2) is 12.1 Å². The molecule has 2 nitrogen and oxygen atoms in total. The molecule has 0 radical (unpaired) electrons. The molecular formula is C11H13F2NO. The van der Waals surface area contributed by atoms with Crippen LogP contribution in [0.5, 0.6) is 0 Å². The Kier molecular flexibility index (Phi) is 2.90. The van der Waals surface area contributed by atoms with Crippen LogP contribution in [0.25, 0.3) is 0 Å². The second-order valence-electron chi connectivity index (χ2n) is 4.10. The molecule has 0 saturated carbocycles. The highest BCUT2D eigenvalue weighted by atomic mass is 19.1. The van der Waals surface area contributed by atoms with E-state index in [2.05, 4.69) is 0 Å². The Morgan fingerprint density at radius 1 is 1.33 bits per heavy atom. The van der Waals surface area contributed by atoms with Crippen LogP contribution >= 0.6 is 0 Å². The van der Waals surface area contributed by atoms with Crippen molar-refractivity contribution in [3.05, 3.63) is 34.9 Å². The van der Waals surface area contributed by atoms with E-state index < -0.39 is 28.5 Å². The molecule has 0 unspecified atom stereocenters. The lowest BCUT2D eigenvalue weighted by atomic mass is 9.92. The Balaban J connectivity index is 3.38. The number of ketones is 1. The number of halogens is 2. The van der Waals surface area contributed by atoms with E-state index in [0.29, 0.717) is 0 Å². The first-order chi connectivity index (χ1) is 6.75. The van der Waals surface area contributed by atoms with Crippen molar-refractivity contribution in [2.24, 2.45) is 5.73 Å². The maximum atomic E-state index is 13.5. The predicted molar refractivity (Wildman–Crippen MR) is 53.7 cm³/mol. The summed E-state index contributed by atoms with van der Waals surface area (Å²) in [6.07, 6.45) is 0. The third-order valence-corrected chi connectivity index (χ3v) is 2.10. The number of aryl methyl sites for hydroxylation is 1. The molecule has 0 heterocycles. The topological polar surface area (TPSA) is 43.1 Å². The van der Waals surface area contributed by atoms with Crippen LogP contribution in [-0.4, -0.2) is 11.3 Å². The summed E-state index contributed by atoms with van der Waals surface area (Å²) in [7, 11) is 0. The molecule has 1 aromatic carbocycles. The van der Waals surface area contributed by atoms with Gasteiger partial charge in [0.25, 0.3) is 0 Å². The minimum Gasteiger partial charge on any atom is -0.319 e. The van der Waals surface area contributed by atoms with E-state index in [1.54, 1.807) is 0 Å². The summed E-state index contributed by atoms with van der Waals surface area (Å²) in [5, 5.41) is 0. The summed E-state index contributed by atoms with van der Waals surface area (Å²) in [5.74, 6) is -2.44. The summed E-state index contributed by atoms with van der Waals surface area (Å²) in [5.41, 5.74) is 3.91. The lowest BCUT2D eigenvalue weighted by Gasteiger charge is -2.18. The molecule has 82 valence electrons. The Labute approximate surface area is 87.1 Å². The number of nitrogens with two attached hydrogens (primary N) is 1. The molecular weight excluding hydrogens is 200 g/mol. The molecule has 0 spiro atoms. The maximum absolute atomic E-state index is 13.5. The summed E-state index contributed by atoms with van der Waals surface area (Å²) in [6, 6.07) is 2.35. The molecule has 2 N–H and O–H groups in total. The third-order valence-electron chi connectivity index (χ3n) is 2.10. The van der Waals surface area contributed by atoms with Crippen molar-refractivity contribution in [3.63, 3.8) is 0 Å². The highest BCUT2D eigenvalue weighted by Crippen LogP contribution is 2.20. The van der Waals surface area contributed by atoms with E-state index in [-0.39, 0.29) is 5.56 Å². The summed E-state index contributed by atoms with van der Waals surface area (Å²) in [4.78, 5) is 11.7. The number of carbonyl (C=O) groups is 1. The first kappa shape index (κ1) is 11.8. The van der Waals surface area contributed by atoms with E-state index in [9.17, 15) is 13.6 Å². The Hall–Kier alpha value is -1.29. The van der Waals surface area contributed by atoms with E-state index in [1.807, 2.05) is 0 Å². The molecule has 0 aromatic heterocycles. The van der Waals surface area contributed by atoms with Crippen LogP contribution in [0.4, 0.5) is 8.78 Å². The van der Waals surface area contributed by atoms with Gasteiger partial charge in [-0.2, -0.15) is 0 Å². The monoisotopic (exact) mass is 213 g/mol. The van der Waals surface area contributed by atoms with Crippen molar-refractivity contribution >= 4 is 5.78 Å². The normalized spacial score (nSPS) is 11.6. The predicted octanol–water partition coefficient (Wildman–Crippen LogP) is 2.19. The van der Waals surface area contributed by atoms with Crippen molar-refractivity contribution < 1.29 is 13.6 Å². The van der Waals surface area contributed by atoms with Crippen LogP contribution in [0.1, 0.15) is 29.8 Å². The summed E-state index contributed by atoms with van der Waals surface area (Å²) < 4.78 is 26.8. The molecule has 0 saturated heterocycles. The molecule has 0 fully saturated rings. The Morgan fingerprint density at radius 2 is 1.87 bits per heavy atom. The lowest BCUT2D eigenvalue weighted by molar-refractivity contribution is 0.0904. The number of Topliss-reactive ketones (excluding diaryl/α,β-unsaturated/α-hetero) is 1. The first-order valence-corrected chi connectivity index (χ1v) is 4.53. The van der Waals surface area contributed by atoms with Gasteiger partial charge in [-0.25, -0.2) is 8.78 Å². The van der Waals surface area contributed by atoms with E-state index >= 15 is 0 Å². The van der Waals surface area contributed by atoms with Crippen molar-refractivity contribution in [1.82, 2.24) is 0 Å². The van der Waals surface area contributed by atoms with Gasteiger partial charge < -0.3 is 5.73 Å². The van der Waals surface area contributed by atoms with Gasteiger partial charge in [-0.05, 0) is 32.4 Å². The zero-order chi connectivity index (χ0) is 11.8. The van der Waals surface area contributed by atoms with Crippen LogP contribution in [-0.2, 0) is 0 Å². The second-order valence-corrected chi connectivity index (χ2v) is 4.10. The fraction of sp³-hybridized carbons (Fsp3) is 0.364. The van der Waals surface area contributed by atoms with Crippen LogP contribution in [0.2, 0.25) is 0 Å². The van der Waals surface area contributed by atoms with Gasteiger partial charge in [0.05, 0.1) is 11.1 Å². The minimum atomic E-state index is -1.28. The molecule has 4 heteroatoms. The average Bonchev–Trinajstić information content (AvgIpc) is 2.10. The van der Waals surface area contributed by atoms with Crippen molar-refractivity contribution in [2.75, 3.05) is 0 Å². The highest BCUT2D eigenvalue weighted by Gasteiger charge is 2.29. The quantitative estimate of drug-likeness (QED) is 0.765. The highest BCUT2D eigenvalue weighted by molar-refractivity contribution is 6.03. The standard InChI is InChI=1S/C11H13F2NO/c1-6-4-5-7(12)8(9(6)13)10(15)11(2,3)14/h4-5H,14H2,1-3H3. The van der Waals surface area contributed by atoms with Crippen molar-refractivity contribution in [2.45, 2.75) is 26.3 Å². The van der Waals surface area contributed by atoms with Crippen LogP contribution < -0.4 is 5.73 Å². The van der Waals surface area contributed by atoms with Gasteiger partial charge in [-0.1, -0.05) is 6.07 Å². The van der Waals surface area contributed by atoms with Crippen LogP contribution in [0.3, 0.4) is 0 Å². The molecule has 0 aliphatic rings. The second kappa shape index (κ2) is 3.70. The van der Waals surface area contributed by atoms with Gasteiger partial charge in [0.1, 0.15) is 11.6 Å². The van der Waals surface area contributed by atoms with E-state index in [0.717, 1.165) is 6.07 Å². The molecule has 0 bridgehead atoms. The Bertz CT molecular complexity index is 408. The van der Waals surface area contributed by atoms with Gasteiger partial charge in [0.15, 0.2) is 5.78 Å². The van der Waals surface area contributed by atoms with Crippen molar-refractivity contribution in [1.29, 1.82) is 0 Å². The molecule has 0 aliphatic heterocycles. The number of rotatable bonds is 2. The minimum absolute atomic E-state index is 0.226. The molecule has 15 heavy (non-hydrogen) atoms. The number of carbonyl (C=O) groups excluding carboxylic acids is 1. The molecule has 0 atom stereocenters. The number of hydrogen-bond acceptors (Lipinski definition) is 2. The fourth-order valence-electron chi connectivity index (χ4n) is 1.19. The lowest BCUT2D eigenvalue weighted by Crippen LogP contribution is -2.42. The van der Waals surface area contributed by atoms with Gasteiger partial charge >= 0.3 is 0 Å². The zero-order valence-corrected chi connectivity index (χ0v) is 8.90. The first-order valence-electron chi connectivity index (χ1n) is 4.53. The van der Waals surface area contributed by atoms with Crippen molar-refractivity contribution in [3.8, 4) is 0 Å². The van der Waals surface area contributed by atoms with E-state index in [1.165, 1.54) is 26.8 Å². The largest absolute Gasteiger partial charge is 0.319 e. The summed E-state index contributed by atoms with van der Waals surface area (Å²) >= 11 is 0. The van der Waals surface area contributed by atoms with Crippen LogP contribution in [0, 0.1) is 18.6 Å². The smallest absolute Gasteiger partial charge is 0.187 e. The number of hydrogen-bond donors (Lipinski definition) is 1. The van der Waals surface area contributed by atoms with Gasteiger partial charge in [-0.15, -0.1) is 0 Å². The molecule has 1 rings (SSSR count). The van der Waals surface area contributed by atoms with E-state index in [4.69, 9.17) is 5.73 Å².